The minimum Gasteiger partial charge on any atom is -0.262 e. The Bertz CT molecular complexity index is 285. The standard InChI is InChI=1S/C10H12FN/c1-2-7-5-9(7)8-3-4-12-6-10(8)11/h3-4,6-7,9H,2,5H2,1H3/t7-,9-/m1/s1. The molecule has 1 aromatic rings. The van der Waals surface area contributed by atoms with Gasteiger partial charge in [0.2, 0.25) is 0 Å². The summed E-state index contributed by atoms with van der Waals surface area (Å²) in [6, 6.07) is 1.80. The first kappa shape index (κ1) is 7.71. The van der Waals surface area contributed by atoms with Gasteiger partial charge in [0.15, 0.2) is 0 Å². The van der Waals surface area contributed by atoms with Crippen molar-refractivity contribution in [2.45, 2.75) is 25.7 Å². The van der Waals surface area contributed by atoms with Gasteiger partial charge >= 0.3 is 0 Å². The molecule has 0 amide bonds. The lowest BCUT2D eigenvalue weighted by Crippen LogP contribution is -1.89. The van der Waals surface area contributed by atoms with E-state index in [0.717, 1.165) is 18.4 Å². The summed E-state index contributed by atoms with van der Waals surface area (Å²) in [5, 5.41) is 0. The van der Waals surface area contributed by atoms with Crippen LogP contribution in [0.15, 0.2) is 18.5 Å². The second kappa shape index (κ2) is 2.85. The van der Waals surface area contributed by atoms with Crippen molar-refractivity contribution in [2.75, 3.05) is 0 Å². The van der Waals surface area contributed by atoms with Gasteiger partial charge in [-0.15, -0.1) is 0 Å². The minimum absolute atomic E-state index is 0.140. The summed E-state index contributed by atoms with van der Waals surface area (Å²) in [6.45, 7) is 2.16. The predicted molar refractivity (Wildman–Crippen MR) is 45.3 cm³/mol. The number of hydrogen-bond donors (Lipinski definition) is 0. The molecule has 0 N–H and O–H groups in total. The van der Waals surface area contributed by atoms with Crippen molar-refractivity contribution >= 4 is 0 Å². The van der Waals surface area contributed by atoms with Crippen LogP contribution in [0.3, 0.4) is 0 Å². The molecule has 1 aromatic heterocycles. The molecule has 64 valence electrons. The third kappa shape index (κ3) is 1.22. The van der Waals surface area contributed by atoms with Gasteiger partial charge in [0.05, 0.1) is 6.20 Å². The molecular weight excluding hydrogens is 153 g/mol. The maximum atomic E-state index is 13.1. The average molecular weight is 165 g/mol. The fourth-order valence-corrected chi connectivity index (χ4v) is 1.77. The van der Waals surface area contributed by atoms with E-state index in [1.165, 1.54) is 6.20 Å². The van der Waals surface area contributed by atoms with Gasteiger partial charge in [-0.1, -0.05) is 13.3 Å². The van der Waals surface area contributed by atoms with Gasteiger partial charge in [0.1, 0.15) is 5.82 Å². The molecule has 2 rings (SSSR count). The van der Waals surface area contributed by atoms with E-state index in [2.05, 4.69) is 11.9 Å². The average Bonchev–Trinajstić information content (AvgIpc) is 2.84. The lowest BCUT2D eigenvalue weighted by molar-refractivity contribution is 0.598. The Morgan fingerprint density at radius 2 is 2.50 bits per heavy atom. The van der Waals surface area contributed by atoms with E-state index in [1.807, 2.05) is 0 Å². The number of aromatic nitrogens is 1. The molecular formula is C10H12FN. The molecule has 0 aliphatic heterocycles. The molecule has 1 aliphatic carbocycles. The highest BCUT2D eigenvalue weighted by molar-refractivity contribution is 5.24. The maximum Gasteiger partial charge on any atom is 0.144 e. The molecule has 2 heteroatoms. The van der Waals surface area contributed by atoms with Crippen molar-refractivity contribution in [3.05, 3.63) is 29.8 Å². The summed E-state index contributed by atoms with van der Waals surface area (Å²) in [6.07, 6.45) is 5.29. The summed E-state index contributed by atoms with van der Waals surface area (Å²) in [5.74, 6) is 1.04. The SMILES string of the molecule is CC[C@@H]1C[C@H]1c1ccncc1F. The molecule has 0 spiro atoms. The van der Waals surface area contributed by atoms with E-state index >= 15 is 0 Å². The normalized spacial score (nSPS) is 27.2. The molecule has 1 heterocycles. The first-order chi connectivity index (χ1) is 5.83. The minimum atomic E-state index is -0.140. The summed E-state index contributed by atoms with van der Waals surface area (Å²) in [7, 11) is 0. The fourth-order valence-electron chi connectivity index (χ4n) is 1.77. The number of pyridine rings is 1. The largest absolute Gasteiger partial charge is 0.262 e. The smallest absolute Gasteiger partial charge is 0.144 e. The van der Waals surface area contributed by atoms with Crippen LogP contribution in [0.5, 0.6) is 0 Å². The van der Waals surface area contributed by atoms with Crippen LogP contribution in [0, 0.1) is 11.7 Å². The van der Waals surface area contributed by atoms with E-state index in [4.69, 9.17) is 0 Å². The van der Waals surface area contributed by atoms with Crippen LogP contribution in [0.4, 0.5) is 4.39 Å². The van der Waals surface area contributed by atoms with Crippen LogP contribution in [-0.2, 0) is 0 Å². The van der Waals surface area contributed by atoms with E-state index in [9.17, 15) is 4.39 Å². The summed E-state index contributed by atoms with van der Waals surface area (Å²) < 4.78 is 13.1. The molecule has 1 saturated carbocycles. The van der Waals surface area contributed by atoms with Gasteiger partial charge in [-0.25, -0.2) is 4.39 Å². The molecule has 2 atom stereocenters. The third-order valence-corrected chi connectivity index (χ3v) is 2.65. The topological polar surface area (TPSA) is 12.9 Å². The third-order valence-electron chi connectivity index (χ3n) is 2.65. The van der Waals surface area contributed by atoms with Crippen LogP contribution in [-0.4, -0.2) is 4.98 Å². The monoisotopic (exact) mass is 165 g/mol. The highest BCUT2D eigenvalue weighted by Gasteiger charge is 2.37. The van der Waals surface area contributed by atoms with Crippen LogP contribution < -0.4 is 0 Å². The van der Waals surface area contributed by atoms with Crippen LogP contribution in [0.2, 0.25) is 0 Å². The number of rotatable bonds is 2. The van der Waals surface area contributed by atoms with Crippen molar-refractivity contribution in [1.29, 1.82) is 0 Å². The first-order valence-electron chi connectivity index (χ1n) is 4.42. The first-order valence-corrected chi connectivity index (χ1v) is 4.42. The Kier molecular flexibility index (Phi) is 1.83. The summed E-state index contributed by atoms with van der Waals surface area (Å²) >= 11 is 0. The van der Waals surface area contributed by atoms with E-state index in [1.54, 1.807) is 12.3 Å². The second-order valence-electron chi connectivity index (χ2n) is 3.41. The molecule has 0 radical (unpaired) electrons. The van der Waals surface area contributed by atoms with Crippen LogP contribution in [0.25, 0.3) is 0 Å². The molecule has 0 unspecified atom stereocenters. The highest BCUT2D eigenvalue weighted by Crippen LogP contribution is 2.49. The Morgan fingerprint density at radius 3 is 3.08 bits per heavy atom. The number of nitrogens with zero attached hydrogens (tertiary/aromatic N) is 1. The zero-order valence-electron chi connectivity index (χ0n) is 7.13. The van der Waals surface area contributed by atoms with E-state index in [-0.39, 0.29) is 5.82 Å². The van der Waals surface area contributed by atoms with Gasteiger partial charge in [-0.2, -0.15) is 0 Å². The van der Waals surface area contributed by atoms with Gasteiger partial charge in [0, 0.05) is 6.20 Å². The maximum absolute atomic E-state index is 13.1. The molecule has 0 bridgehead atoms. The van der Waals surface area contributed by atoms with Gasteiger partial charge in [-0.3, -0.25) is 4.98 Å². The van der Waals surface area contributed by atoms with E-state index < -0.39 is 0 Å². The predicted octanol–water partition coefficient (Wildman–Crippen LogP) is 2.73. The Hall–Kier alpha value is -0.920. The highest BCUT2D eigenvalue weighted by atomic mass is 19.1. The van der Waals surface area contributed by atoms with Gasteiger partial charge < -0.3 is 0 Å². The zero-order chi connectivity index (χ0) is 8.55. The molecule has 12 heavy (non-hydrogen) atoms. The lowest BCUT2D eigenvalue weighted by atomic mass is 10.1. The van der Waals surface area contributed by atoms with Crippen molar-refractivity contribution in [3.8, 4) is 0 Å². The van der Waals surface area contributed by atoms with Crippen molar-refractivity contribution in [2.24, 2.45) is 5.92 Å². The summed E-state index contributed by atoms with van der Waals surface area (Å²) in [5.41, 5.74) is 0.858. The molecule has 1 fully saturated rings. The Labute approximate surface area is 71.6 Å². The van der Waals surface area contributed by atoms with Crippen molar-refractivity contribution < 1.29 is 4.39 Å². The molecule has 0 aromatic carbocycles. The van der Waals surface area contributed by atoms with Crippen LogP contribution >= 0.6 is 0 Å². The summed E-state index contributed by atoms with van der Waals surface area (Å²) in [4.78, 5) is 3.73. The van der Waals surface area contributed by atoms with Crippen LogP contribution in [0.1, 0.15) is 31.2 Å². The quantitative estimate of drug-likeness (QED) is 0.656. The molecule has 0 saturated heterocycles. The van der Waals surface area contributed by atoms with E-state index in [0.29, 0.717) is 11.8 Å². The number of hydrogen-bond acceptors (Lipinski definition) is 1. The Balaban J connectivity index is 2.19. The van der Waals surface area contributed by atoms with Gasteiger partial charge in [0.25, 0.3) is 0 Å². The fraction of sp³-hybridized carbons (Fsp3) is 0.500. The van der Waals surface area contributed by atoms with Gasteiger partial charge in [-0.05, 0) is 29.9 Å². The van der Waals surface area contributed by atoms with Crippen molar-refractivity contribution in [1.82, 2.24) is 4.98 Å². The lowest BCUT2D eigenvalue weighted by Gasteiger charge is -1.99. The molecule has 1 nitrogen and oxygen atoms in total. The Morgan fingerprint density at radius 1 is 1.67 bits per heavy atom. The number of halogens is 1. The molecule has 1 aliphatic rings. The van der Waals surface area contributed by atoms with Crippen molar-refractivity contribution in [3.63, 3.8) is 0 Å². The zero-order valence-corrected chi connectivity index (χ0v) is 7.13. The second-order valence-corrected chi connectivity index (χ2v) is 3.41.